The molecule has 2 atom stereocenters. The van der Waals surface area contributed by atoms with E-state index in [1.54, 1.807) is 18.9 Å². The van der Waals surface area contributed by atoms with Crippen LogP contribution in [-0.4, -0.2) is 35.7 Å². The Hall–Kier alpha value is -1.55. The zero-order valence-electron chi connectivity index (χ0n) is 14.7. The molecule has 2 amide bonds. The quantitative estimate of drug-likeness (QED) is 0.875. The Kier molecular flexibility index (Phi) is 6.42. The fourth-order valence-corrected chi connectivity index (χ4v) is 2.37. The molecule has 2 N–H and O–H groups in total. The van der Waals surface area contributed by atoms with E-state index in [1.807, 2.05) is 6.07 Å². The number of aliphatic hydroxyl groups is 1. The lowest BCUT2D eigenvalue weighted by atomic mass is 9.82. The Labute approximate surface area is 134 Å². The molecule has 124 valence electrons. The summed E-state index contributed by atoms with van der Waals surface area (Å²) >= 11 is 0. The van der Waals surface area contributed by atoms with Crippen LogP contribution in [-0.2, 0) is 0 Å². The lowest BCUT2D eigenvalue weighted by Gasteiger charge is -2.33. The number of amides is 2. The number of hydrogen-bond donors (Lipinski definition) is 2. The second-order valence-corrected chi connectivity index (χ2v) is 7.22. The van der Waals surface area contributed by atoms with Gasteiger partial charge in [-0.25, -0.2) is 4.79 Å². The average molecular weight is 306 g/mol. The van der Waals surface area contributed by atoms with E-state index < -0.39 is 6.10 Å². The van der Waals surface area contributed by atoms with E-state index in [0.717, 1.165) is 5.56 Å². The number of benzene rings is 1. The minimum absolute atomic E-state index is 0.0612. The van der Waals surface area contributed by atoms with Crippen molar-refractivity contribution in [1.82, 2.24) is 10.2 Å². The van der Waals surface area contributed by atoms with Gasteiger partial charge in [-0.15, -0.1) is 0 Å². The molecule has 1 aromatic carbocycles. The first kappa shape index (κ1) is 18.5. The maximum atomic E-state index is 12.4. The predicted molar refractivity (Wildman–Crippen MR) is 90.8 cm³/mol. The normalized spacial score (nSPS) is 14.3. The predicted octanol–water partition coefficient (Wildman–Crippen LogP) is 3.49. The number of urea groups is 1. The highest BCUT2D eigenvalue weighted by atomic mass is 16.3. The van der Waals surface area contributed by atoms with Crippen LogP contribution in [0.15, 0.2) is 24.3 Å². The van der Waals surface area contributed by atoms with E-state index in [2.05, 4.69) is 51.2 Å². The summed E-state index contributed by atoms with van der Waals surface area (Å²) < 4.78 is 0. The number of hydrogen-bond acceptors (Lipinski definition) is 2. The van der Waals surface area contributed by atoms with Gasteiger partial charge in [0.25, 0.3) is 0 Å². The molecule has 0 aliphatic carbocycles. The minimum Gasteiger partial charge on any atom is -0.393 e. The van der Waals surface area contributed by atoms with E-state index in [4.69, 9.17) is 0 Å². The van der Waals surface area contributed by atoms with Gasteiger partial charge in [-0.05, 0) is 31.2 Å². The second kappa shape index (κ2) is 7.63. The van der Waals surface area contributed by atoms with Crippen LogP contribution in [0.5, 0.6) is 0 Å². The SMILES string of the molecule is Cc1cccc(C(NC(=O)N(C)CCC(C)O)C(C)(C)C)c1. The van der Waals surface area contributed by atoms with Crippen molar-refractivity contribution < 1.29 is 9.90 Å². The molecule has 4 heteroatoms. The van der Waals surface area contributed by atoms with Crippen molar-refractivity contribution in [2.75, 3.05) is 13.6 Å². The monoisotopic (exact) mass is 306 g/mol. The number of nitrogens with zero attached hydrogens (tertiary/aromatic N) is 1. The van der Waals surface area contributed by atoms with Crippen LogP contribution in [0.1, 0.15) is 51.3 Å². The van der Waals surface area contributed by atoms with Crippen LogP contribution in [0, 0.1) is 12.3 Å². The smallest absolute Gasteiger partial charge is 0.317 e. The van der Waals surface area contributed by atoms with Gasteiger partial charge in [0.1, 0.15) is 0 Å². The van der Waals surface area contributed by atoms with Gasteiger partial charge in [-0.3, -0.25) is 0 Å². The summed E-state index contributed by atoms with van der Waals surface area (Å²) in [4.78, 5) is 14.0. The summed E-state index contributed by atoms with van der Waals surface area (Å²) in [5.41, 5.74) is 2.21. The molecule has 1 aromatic rings. The van der Waals surface area contributed by atoms with Gasteiger partial charge in [-0.1, -0.05) is 50.6 Å². The third kappa shape index (κ3) is 5.68. The number of rotatable bonds is 5. The highest BCUT2D eigenvalue weighted by Crippen LogP contribution is 2.33. The van der Waals surface area contributed by atoms with Crippen molar-refractivity contribution in [3.8, 4) is 0 Å². The highest BCUT2D eigenvalue weighted by molar-refractivity contribution is 5.74. The minimum atomic E-state index is -0.398. The number of nitrogens with one attached hydrogen (secondary N) is 1. The van der Waals surface area contributed by atoms with Crippen molar-refractivity contribution >= 4 is 6.03 Å². The molecule has 0 radical (unpaired) electrons. The first-order valence-electron chi connectivity index (χ1n) is 7.87. The molecule has 0 heterocycles. The lowest BCUT2D eigenvalue weighted by molar-refractivity contribution is 0.158. The van der Waals surface area contributed by atoms with Gasteiger partial charge in [0, 0.05) is 13.6 Å². The van der Waals surface area contributed by atoms with Crippen molar-refractivity contribution in [3.05, 3.63) is 35.4 Å². The molecule has 0 spiro atoms. The van der Waals surface area contributed by atoms with Crippen molar-refractivity contribution in [2.45, 2.75) is 53.2 Å². The molecule has 0 saturated carbocycles. The fourth-order valence-electron chi connectivity index (χ4n) is 2.37. The molecule has 0 saturated heterocycles. The Morgan fingerprint density at radius 3 is 2.50 bits per heavy atom. The van der Waals surface area contributed by atoms with Gasteiger partial charge in [0.2, 0.25) is 0 Å². The highest BCUT2D eigenvalue weighted by Gasteiger charge is 2.28. The average Bonchev–Trinajstić information content (AvgIpc) is 2.40. The summed E-state index contributed by atoms with van der Waals surface area (Å²) in [6.07, 6.45) is 0.180. The first-order valence-corrected chi connectivity index (χ1v) is 7.87. The fraction of sp³-hybridized carbons (Fsp3) is 0.611. The third-order valence-corrected chi connectivity index (χ3v) is 3.74. The summed E-state index contributed by atoms with van der Waals surface area (Å²) in [7, 11) is 1.76. The summed E-state index contributed by atoms with van der Waals surface area (Å²) in [6.45, 7) is 10.7. The van der Waals surface area contributed by atoms with Gasteiger partial charge >= 0.3 is 6.03 Å². The number of aryl methyl sites for hydroxylation is 1. The first-order chi connectivity index (χ1) is 10.1. The molecular formula is C18H30N2O2. The zero-order chi connectivity index (χ0) is 16.9. The van der Waals surface area contributed by atoms with Crippen molar-refractivity contribution in [1.29, 1.82) is 0 Å². The largest absolute Gasteiger partial charge is 0.393 e. The molecule has 1 rings (SSSR count). The Bertz CT molecular complexity index is 492. The lowest BCUT2D eigenvalue weighted by Crippen LogP contribution is -2.44. The second-order valence-electron chi connectivity index (χ2n) is 7.22. The maximum Gasteiger partial charge on any atom is 0.317 e. The maximum absolute atomic E-state index is 12.4. The molecule has 0 aromatic heterocycles. The number of carbonyl (C=O) groups is 1. The third-order valence-electron chi connectivity index (χ3n) is 3.74. The van der Waals surface area contributed by atoms with Crippen molar-refractivity contribution in [3.63, 3.8) is 0 Å². The van der Waals surface area contributed by atoms with Gasteiger partial charge in [0.15, 0.2) is 0 Å². The van der Waals surface area contributed by atoms with Crippen LogP contribution in [0.3, 0.4) is 0 Å². The van der Waals surface area contributed by atoms with Gasteiger partial charge in [-0.2, -0.15) is 0 Å². The molecule has 0 aliphatic heterocycles. The topological polar surface area (TPSA) is 52.6 Å². The molecule has 2 unspecified atom stereocenters. The molecular weight excluding hydrogens is 276 g/mol. The van der Waals surface area contributed by atoms with Crippen molar-refractivity contribution in [2.24, 2.45) is 5.41 Å². The van der Waals surface area contributed by atoms with Crippen LogP contribution in [0.2, 0.25) is 0 Å². The summed E-state index contributed by atoms with van der Waals surface area (Å²) in [6, 6.07) is 8.08. The molecule has 22 heavy (non-hydrogen) atoms. The molecule has 0 bridgehead atoms. The van der Waals surface area contributed by atoms with E-state index >= 15 is 0 Å². The van der Waals surface area contributed by atoms with Crippen LogP contribution < -0.4 is 5.32 Å². The zero-order valence-corrected chi connectivity index (χ0v) is 14.7. The summed E-state index contributed by atoms with van der Waals surface area (Å²) in [5, 5.41) is 12.5. The van der Waals surface area contributed by atoms with Gasteiger partial charge < -0.3 is 15.3 Å². The van der Waals surface area contributed by atoms with Crippen LogP contribution >= 0.6 is 0 Å². The van der Waals surface area contributed by atoms with E-state index in [9.17, 15) is 9.90 Å². The van der Waals surface area contributed by atoms with Crippen LogP contribution in [0.25, 0.3) is 0 Å². The van der Waals surface area contributed by atoms with Crippen LogP contribution in [0.4, 0.5) is 4.79 Å². The van der Waals surface area contributed by atoms with E-state index in [0.29, 0.717) is 13.0 Å². The number of aliphatic hydroxyl groups excluding tert-OH is 1. The summed E-state index contributed by atoms with van der Waals surface area (Å²) in [5.74, 6) is 0. The Balaban J connectivity index is 2.85. The standard InChI is InChI=1S/C18H30N2O2/c1-13-8-7-9-15(12-13)16(18(3,4)5)19-17(22)20(6)11-10-14(2)21/h7-9,12,14,16,21H,10-11H2,1-6H3,(H,19,22). The Morgan fingerprint density at radius 2 is 2.00 bits per heavy atom. The van der Waals surface area contributed by atoms with E-state index in [1.165, 1.54) is 5.56 Å². The molecule has 0 fully saturated rings. The number of carbonyl (C=O) groups excluding carboxylic acids is 1. The van der Waals surface area contributed by atoms with Gasteiger partial charge in [0.05, 0.1) is 12.1 Å². The van der Waals surface area contributed by atoms with E-state index in [-0.39, 0.29) is 17.5 Å². The Morgan fingerprint density at radius 1 is 1.36 bits per heavy atom. The molecule has 0 aliphatic rings. The molecule has 4 nitrogen and oxygen atoms in total.